The smallest absolute Gasteiger partial charge is 0.383 e. The van der Waals surface area contributed by atoms with Gasteiger partial charge in [0.2, 0.25) is 11.7 Å². The van der Waals surface area contributed by atoms with Crippen molar-refractivity contribution < 1.29 is 36.3 Å². The minimum absolute atomic E-state index is 0.00191. The quantitative estimate of drug-likeness (QED) is 0.0845. The Hall–Kier alpha value is -4.75. The first-order chi connectivity index (χ1) is 22.4. The van der Waals surface area contributed by atoms with E-state index in [4.69, 9.17) is 16.3 Å². The van der Waals surface area contributed by atoms with E-state index >= 15 is 8.78 Å². The van der Waals surface area contributed by atoms with Crippen LogP contribution in [0.15, 0.2) is 61.1 Å². The van der Waals surface area contributed by atoms with E-state index in [0.29, 0.717) is 40.8 Å². The van der Waals surface area contributed by atoms with Crippen molar-refractivity contribution >= 4 is 51.2 Å². The number of carbonyl (C=O) groups excluding carboxylic acids is 2. The number of amides is 1. The van der Waals surface area contributed by atoms with Gasteiger partial charge in [-0.3, -0.25) is 9.59 Å². The first-order valence-electron chi connectivity index (χ1n) is 14.4. The first-order valence-corrected chi connectivity index (χ1v) is 15.0. The second kappa shape index (κ2) is 12.5. The number of rotatable bonds is 8. The van der Waals surface area contributed by atoms with Gasteiger partial charge >= 0.3 is 6.18 Å². The third-order valence-electron chi connectivity index (χ3n) is 8.11. The summed E-state index contributed by atoms with van der Waals surface area (Å²) in [6.07, 6.45) is 0.908. The van der Waals surface area contributed by atoms with Gasteiger partial charge in [-0.15, -0.1) is 11.6 Å². The summed E-state index contributed by atoms with van der Waals surface area (Å²) in [5.41, 5.74) is 0.104. The van der Waals surface area contributed by atoms with Gasteiger partial charge in [-0.1, -0.05) is 12.1 Å². The minimum Gasteiger partial charge on any atom is -0.383 e. The number of methoxy groups -OCH3 is 1. The van der Waals surface area contributed by atoms with Crippen LogP contribution in [0.5, 0.6) is 0 Å². The predicted octanol–water partition coefficient (Wildman–Crippen LogP) is 6.86. The molecule has 5 aromatic rings. The molecular formula is C33H27ClF5N5O3. The minimum atomic E-state index is -4.75. The van der Waals surface area contributed by atoms with Crippen molar-refractivity contribution in [3.05, 3.63) is 95.1 Å². The number of alkyl halides is 4. The van der Waals surface area contributed by atoms with Gasteiger partial charge in [-0.05, 0) is 42.3 Å². The lowest BCUT2D eigenvalue weighted by atomic mass is 9.92. The number of nitrogens with zero attached hydrogens (tertiary/aromatic N) is 4. The molecule has 1 amide bonds. The zero-order valence-corrected chi connectivity index (χ0v) is 25.8. The highest BCUT2D eigenvalue weighted by Gasteiger charge is 2.39. The third kappa shape index (κ3) is 5.74. The van der Waals surface area contributed by atoms with Gasteiger partial charge in [-0.25, -0.2) is 13.8 Å². The molecule has 0 fully saturated rings. The Morgan fingerprint density at radius 1 is 1.15 bits per heavy atom. The van der Waals surface area contributed by atoms with Crippen LogP contribution in [0.2, 0.25) is 0 Å². The number of aromatic nitrogens is 3. The molecule has 8 nitrogen and oxygen atoms in total. The molecule has 0 unspecified atom stereocenters. The Morgan fingerprint density at radius 3 is 2.57 bits per heavy atom. The van der Waals surface area contributed by atoms with Crippen LogP contribution in [0.1, 0.15) is 27.2 Å². The standard InChI is InChI=1S/C33H27ClF5N5O3/c1-42-10-7-18-15-25(32(46)19-13-22(35)28(23(36)14-19)41-26(45)6-3-8-34)44-9-4-5-20(30(18)44)27-21(33(37,38)39)16-24-29(31(27)42)40-17-43(24)11-12-47-2/h3-6,9,13-17H,7-8,10-12H2,1-2H3,(H,41,45)/b6-3+. The predicted molar refractivity (Wildman–Crippen MR) is 168 cm³/mol. The van der Waals surface area contributed by atoms with Crippen LogP contribution in [0, 0.1) is 11.6 Å². The molecule has 47 heavy (non-hydrogen) atoms. The number of imidazole rings is 1. The van der Waals surface area contributed by atoms with Crippen molar-refractivity contribution in [2.45, 2.75) is 19.1 Å². The molecule has 0 saturated carbocycles. The average molecular weight is 672 g/mol. The Labute approximate surface area is 270 Å². The zero-order chi connectivity index (χ0) is 33.6. The summed E-state index contributed by atoms with van der Waals surface area (Å²) in [6.45, 7) is 0.864. The SMILES string of the molecule is COCCn1cnc2c3c(c(C(F)(F)F)cc21)-c1cccn2c(C(=O)c4cc(F)c(NC(=O)/C=C/CCl)c(F)c4)cc(c12)CCN3C. The number of benzene rings is 2. The fourth-order valence-corrected chi connectivity index (χ4v) is 6.10. The molecule has 0 atom stereocenters. The largest absolute Gasteiger partial charge is 0.417 e. The molecule has 0 spiro atoms. The molecule has 0 aliphatic carbocycles. The summed E-state index contributed by atoms with van der Waals surface area (Å²) in [4.78, 5) is 32.0. The lowest BCUT2D eigenvalue weighted by molar-refractivity contribution is -0.137. The Balaban J connectivity index is 1.52. The molecule has 0 bridgehead atoms. The highest BCUT2D eigenvalue weighted by molar-refractivity contribution is 6.19. The molecule has 6 rings (SSSR count). The molecular weight excluding hydrogens is 645 g/mol. The molecule has 4 heterocycles. The number of allylic oxidation sites excluding steroid dienone is 1. The number of halogens is 6. The number of pyridine rings is 1. The Kier molecular flexibility index (Phi) is 8.53. The molecule has 1 aliphatic rings. The maximum Gasteiger partial charge on any atom is 0.417 e. The second-order valence-corrected chi connectivity index (χ2v) is 11.3. The van der Waals surface area contributed by atoms with E-state index in [-0.39, 0.29) is 41.4 Å². The fraction of sp³-hybridized carbons (Fsp3) is 0.242. The number of fused-ring (bicyclic) bond motifs is 4. The van der Waals surface area contributed by atoms with Gasteiger partial charge in [0.25, 0.3) is 0 Å². The third-order valence-corrected chi connectivity index (χ3v) is 8.29. The van der Waals surface area contributed by atoms with Crippen molar-refractivity contribution in [3.63, 3.8) is 0 Å². The second-order valence-electron chi connectivity index (χ2n) is 11.0. The maximum absolute atomic E-state index is 15.0. The number of hydrogen-bond donors (Lipinski definition) is 1. The van der Waals surface area contributed by atoms with Gasteiger partial charge in [0.05, 0.1) is 40.9 Å². The molecule has 1 N–H and O–H groups in total. The van der Waals surface area contributed by atoms with Crippen LogP contribution >= 0.6 is 11.6 Å². The van der Waals surface area contributed by atoms with E-state index in [1.165, 1.54) is 42.2 Å². The summed E-state index contributed by atoms with van der Waals surface area (Å²) in [5.74, 6) is -3.92. The highest BCUT2D eigenvalue weighted by Crippen LogP contribution is 2.48. The monoisotopic (exact) mass is 671 g/mol. The number of ketones is 1. The van der Waals surface area contributed by atoms with E-state index in [9.17, 15) is 22.8 Å². The summed E-state index contributed by atoms with van der Waals surface area (Å²) >= 11 is 5.50. The average Bonchev–Trinajstić information content (AvgIpc) is 3.62. The zero-order valence-electron chi connectivity index (χ0n) is 25.1. The Bertz CT molecular complexity index is 2060. The molecule has 14 heteroatoms. The summed E-state index contributed by atoms with van der Waals surface area (Å²) < 4.78 is 82.8. The summed E-state index contributed by atoms with van der Waals surface area (Å²) in [6, 6.07) is 7.30. The first kappa shape index (κ1) is 32.2. The topological polar surface area (TPSA) is 80.9 Å². The van der Waals surface area contributed by atoms with Gasteiger partial charge in [0, 0.05) is 62.1 Å². The number of hydrogen-bond acceptors (Lipinski definition) is 5. The van der Waals surface area contributed by atoms with Gasteiger partial charge in [0.1, 0.15) is 22.8 Å². The van der Waals surface area contributed by atoms with Crippen LogP contribution in [0.25, 0.3) is 27.7 Å². The van der Waals surface area contributed by atoms with Crippen molar-refractivity contribution in [1.82, 2.24) is 14.0 Å². The lowest BCUT2D eigenvalue weighted by Gasteiger charge is -2.28. The maximum atomic E-state index is 15.0. The van der Waals surface area contributed by atoms with Crippen LogP contribution in [0.3, 0.4) is 0 Å². The molecule has 0 radical (unpaired) electrons. The van der Waals surface area contributed by atoms with Crippen LogP contribution in [-0.2, 0) is 28.7 Å². The lowest BCUT2D eigenvalue weighted by Crippen LogP contribution is -2.24. The van der Waals surface area contributed by atoms with E-state index in [0.717, 1.165) is 24.3 Å². The van der Waals surface area contributed by atoms with Crippen molar-refractivity contribution in [1.29, 1.82) is 0 Å². The molecule has 1 aliphatic heterocycles. The van der Waals surface area contributed by atoms with Gasteiger partial charge in [0.15, 0.2) is 0 Å². The number of likely N-dealkylation sites (N-methyl/N-ethyl adjacent to an activating group) is 1. The molecule has 2 aromatic carbocycles. The number of anilines is 2. The van der Waals surface area contributed by atoms with Gasteiger partial charge in [-0.2, -0.15) is 13.2 Å². The molecule has 3 aromatic heterocycles. The van der Waals surface area contributed by atoms with Crippen LogP contribution < -0.4 is 10.2 Å². The van der Waals surface area contributed by atoms with Crippen molar-refractivity contribution in [2.75, 3.05) is 43.4 Å². The van der Waals surface area contributed by atoms with E-state index < -0.39 is 40.8 Å². The number of carbonyl (C=O) groups is 2. The molecule has 0 saturated heterocycles. The summed E-state index contributed by atoms with van der Waals surface area (Å²) in [5, 5.41) is 2.09. The summed E-state index contributed by atoms with van der Waals surface area (Å²) in [7, 11) is 3.20. The highest BCUT2D eigenvalue weighted by atomic mass is 35.5. The molecule has 244 valence electrons. The van der Waals surface area contributed by atoms with Crippen molar-refractivity contribution in [2.24, 2.45) is 0 Å². The fourth-order valence-electron chi connectivity index (χ4n) is 6.01. The Morgan fingerprint density at radius 2 is 1.89 bits per heavy atom. The van der Waals surface area contributed by atoms with E-state index in [2.05, 4.69) is 10.3 Å². The van der Waals surface area contributed by atoms with E-state index in [1.807, 2.05) is 0 Å². The van der Waals surface area contributed by atoms with Crippen LogP contribution in [0.4, 0.5) is 33.3 Å². The van der Waals surface area contributed by atoms with E-state index in [1.54, 1.807) is 22.6 Å². The normalized spacial score (nSPS) is 13.3. The number of nitrogens with one attached hydrogen (secondary N) is 1. The van der Waals surface area contributed by atoms with Crippen LogP contribution in [-0.4, -0.2) is 58.8 Å². The van der Waals surface area contributed by atoms with Crippen molar-refractivity contribution in [3.8, 4) is 11.1 Å². The number of ether oxygens (including phenoxy) is 1. The van der Waals surface area contributed by atoms with Gasteiger partial charge < -0.3 is 23.9 Å².